The Labute approximate surface area is 106 Å². The van der Waals surface area contributed by atoms with Crippen molar-refractivity contribution in [2.45, 2.75) is 26.4 Å². The molecule has 6 nitrogen and oxygen atoms in total. The number of carbonyl (C=O) groups excluding carboxylic acids is 1. The minimum Gasteiger partial charge on any atom is -0.477 e. The van der Waals surface area contributed by atoms with Crippen LogP contribution in [0.1, 0.15) is 31.3 Å². The number of aromatic nitrogens is 1. The smallest absolute Gasteiger partial charge is 0.414 e. The van der Waals surface area contributed by atoms with Gasteiger partial charge in [-0.1, -0.05) is 0 Å². The molecule has 100 valence electrons. The van der Waals surface area contributed by atoms with E-state index < -0.39 is 17.7 Å². The van der Waals surface area contributed by atoms with E-state index in [4.69, 9.17) is 9.84 Å². The van der Waals surface area contributed by atoms with Crippen LogP contribution in [0, 0.1) is 0 Å². The van der Waals surface area contributed by atoms with E-state index in [0.717, 1.165) is 0 Å². The lowest BCUT2D eigenvalue weighted by atomic mass is 10.2. The first-order chi connectivity index (χ1) is 8.11. The van der Waals surface area contributed by atoms with Crippen LogP contribution >= 0.6 is 0 Å². The molecule has 0 aliphatic carbocycles. The molecule has 1 aromatic rings. The average Bonchev–Trinajstić information content (AvgIpc) is 2.56. The lowest BCUT2D eigenvalue weighted by Gasteiger charge is -2.23. The van der Waals surface area contributed by atoms with Gasteiger partial charge in [-0.05, 0) is 26.8 Å². The fraction of sp³-hybridized carbons (Fsp3) is 0.500. The molecule has 6 heteroatoms. The Balaban J connectivity index is 2.91. The van der Waals surface area contributed by atoms with Crippen molar-refractivity contribution in [3.05, 3.63) is 18.0 Å². The summed E-state index contributed by atoms with van der Waals surface area (Å²) >= 11 is 0. The van der Waals surface area contributed by atoms with Crippen molar-refractivity contribution in [1.29, 1.82) is 0 Å². The summed E-state index contributed by atoms with van der Waals surface area (Å²) in [6.07, 6.45) is 1.04. The number of rotatable bonds is 2. The molecule has 0 aliphatic heterocycles. The van der Waals surface area contributed by atoms with Gasteiger partial charge in [0.2, 0.25) is 0 Å². The zero-order valence-corrected chi connectivity index (χ0v) is 11.2. The summed E-state index contributed by atoms with van der Waals surface area (Å²) in [7, 11) is 3.14. The number of carboxylic acids is 1. The topological polar surface area (TPSA) is 71.8 Å². The molecule has 1 N–H and O–H groups in total. The summed E-state index contributed by atoms with van der Waals surface area (Å²) in [5, 5.41) is 8.93. The SMILES string of the molecule is CN(C(=O)OC(C)(C)C)c1cc(C(=O)O)n(C)c1. The normalized spacial score (nSPS) is 11.2. The van der Waals surface area contributed by atoms with Crippen LogP contribution in [0.25, 0.3) is 0 Å². The van der Waals surface area contributed by atoms with E-state index in [0.29, 0.717) is 5.69 Å². The third-order valence-corrected chi connectivity index (χ3v) is 2.26. The van der Waals surface area contributed by atoms with Crippen molar-refractivity contribution in [2.24, 2.45) is 7.05 Å². The van der Waals surface area contributed by atoms with E-state index in [1.165, 1.54) is 22.6 Å². The fourth-order valence-electron chi connectivity index (χ4n) is 1.38. The monoisotopic (exact) mass is 254 g/mol. The maximum Gasteiger partial charge on any atom is 0.414 e. The van der Waals surface area contributed by atoms with Crippen molar-refractivity contribution in [3.63, 3.8) is 0 Å². The zero-order chi connectivity index (χ0) is 14.1. The largest absolute Gasteiger partial charge is 0.477 e. The molecule has 0 saturated carbocycles. The molecular formula is C12H18N2O4. The standard InChI is InChI=1S/C12H18N2O4/c1-12(2,3)18-11(17)14(5)8-6-9(10(15)16)13(4)7-8/h6-7H,1-5H3,(H,15,16). The second kappa shape index (κ2) is 4.72. The molecule has 0 aromatic carbocycles. The molecule has 0 fully saturated rings. The van der Waals surface area contributed by atoms with Gasteiger partial charge in [-0.3, -0.25) is 4.90 Å². The van der Waals surface area contributed by atoms with Gasteiger partial charge in [0.15, 0.2) is 0 Å². The first-order valence-electron chi connectivity index (χ1n) is 5.48. The lowest BCUT2D eigenvalue weighted by molar-refractivity contribution is 0.0588. The molecule has 18 heavy (non-hydrogen) atoms. The summed E-state index contributed by atoms with van der Waals surface area (Å²) < 4.78 is 6.64. The Hall–Kier alpha value is -1.98. The number of aryl methyl sites for hydroxylation is 1. The number of hydrogen-bond donors (Lipinski definition) is 1. The quantitative estimate of drug-likeness (QED) is 0.877. The lowest BCUT2D eigenvalue weighted by Crippen LogP contribution is -2.33. The van der Waals surface area contributed by atoms with Gasteiger partial charge in [-0.2, -0.15) is 0 Å². The van der Waals surface area contributed by atoms with Gasteiger partial charge in [0.05, 0.1) is 5.69 Å². The van der Waals surface area contributed by atoms with Crippen LogP contribution in [-0.4, -0.2) is 34.4 Å². The minimum atomic E-state index is -1.04. The van der Waals surface area contributed by atoms with Crippen LogP contribution in [0.4, 0.5) is 10.5 Å². The molecule has 1 amide bonds. The summed E-state index contributed by atoms with van der Waals surface area (Å²) in [4.78, 5) is 24.0. The van der Waals surface area contributed by atoms with Crippen LogP contribution in [-0.2, 0) is 11.8 Å². The highest BCUT2D eigenvalue weighted by Crippen LogP contribution is 2.19. The Morgan fingerprint density at radius 2 is 1.94 bits per heavy atom. The summed E-state index contributed by atoms with van der Waals surface area (Å²) in [6, 6.07) is 1.42. The molecule has 0 atom stereocenters. The number of carbonyl (C=O) groups is 2. The number of nitrogens with zero attached hydrogens (tertiary/aromatic N) is 2. The Kier molecular flexibility index (Phi) is 3.69. The van der Waals surface area contributed by atoms with Gasteiger partial charge < -0.3 is 14.4 Å². The van der Waals surface area contributed by atoms with Crippen molar-refractivity contribution in [2.75, 3.05) is 11.9 Å². The van der Waals surface area contributed by atoms with Crippen LogP contribution in [0.3, 0.4) is 0 Å². The Morgan fingerprint density at radius 3 is 2.33 bits per heavy atom. The number of anilines is 1. The van der Waals surface area contributed by atoms with Crippen LogP contribution in [0.5, 0.6) is 0 Å². The van der Waals surface area contributed by atoms with Crippen molar-refractivity contribution in [3.8, 4) is 0 Å². The van der Waals surface area contributed by atoms with Gasteiger partial charge in [0.1, 0.15) is 11.3 Å². The maximum absolute atomic E-state index is 11.8. The van der Waals surface area contributed by atoms with E-state index in [9.17, 15) is 9.59 Å². The minimum absolute atomic E-state index is 0.111. The predicted octanol–water partition coefficient (Wildman–Crippen LogP) is 2.09. The molecule has 1 rings (SSSR count). The maximum atomic E-state index is 11.8. The summed E-state index contributed by atoms with van der Waals surface area (Å²) in [5.41, 5.74) is 0.00000638. The second-order valence-electron chi connectivity index (χ2n) is 5.04. The number of hydrogen-bond acceptors (Lipinski definition) is 3. The second-order valence-corrected chi connectivity index (χ2v) is 5.04. The van der Waals surface area contributed by atoms with Gasteiger partial charge in [-0.15, -0.1) is 0 Å². The number of aromatic carboxylic acids is 1. The molecule has 0 saturated heterocycles. The molecule has 0 aliphatic rings. The third kappa shape index (κ3) is 3.26. The Bertz CT molecular complexity index is 471. The highest BCUT2D eigenvalue weighted by molar-refractivity contribution is 5.91. The average molecular weight is 254 g/mol. The van der Waals surface area contributed by atoms with Crippen LogP contribution in [0.15, 0.2) is 12.3 Å². The van der Waals surface area contributed by atoms with Crippen LogP contribution in [0.2, 0.25) is 0 Å². The van der Waals surface area contributed by atoms with Gasteiger partial charge in [0.25, 0.3) is 0 Å². The molecule has 0 radical (unpaired) electrons. The molecule has 1 heterocycles. The molecule has 0 unspecified atom stereocenters. The fourth-order valence-corrected chi connectivity index (χ4v) is 1.38. The highest BCUT2D eigenvalue weighted by atomic mass is 16.6. The number of ether oxygens (including phenoxy) is 1. The van der Waals surface area contributed by atoms with Crippen molar-refractivity contribution >= 4 is 17.7 Å². The number of amides is 1. The summed E-state index contributed by atoms with van der Waals surface area (Å²) in [5.74, 6) is -1.04. The highest BCUT2D eigenvalue weighted by Gasteiger charge is 2.22. The van der Waals surface area contributed by atoms with Gasteiger partial charge >= 0.3 is 12.1 Å². The zero-order valence-electron chi connectivity index (χ0n) is 11.2. The van der Waals surface area contributed by atoms with E-state index in [-0.39, 0.29) is 5.69 Å². The van der Waals surface area contributed by atoms with E-state index >= 15 is 0 Å². The predicted molar refractivity (Wildman–Crippen MR) is 67.0 cm³/mol. The molecule has 0 bridgehead atoms. The summed E-state index contributed by atoms with van der Waals surface area (Å²) in [6.45, 7) is 5.31. The molecular weight excluding hydrogens is 236 g/mol. The first kappa shape index (κ1) is 14.1. The van der Waals surface area contributed by atoms with Gasteiger partial charge in [0, 0.05) is 20.3 Å². The number of carboxylic acid groups (broad SMARTS) is 1. The molecule has 0 spiro atoms. The third-order valence-electron chi connectivity index (χ3n) is 2.26. The van der Waals surface area contributed by atoms with Crippen LogP contribution < -0.4 is 4.90 Å². The van der Waals surface area contributed by atoms with Crippen molar-refractivity contribution in [1.82, 2.24) is 4.57 Å². The first-order valence-corrected chi connectivity index (χ1v) is 5.48. The molecule has 1 aromatic heterocycles. The van der Waals surface area contributed by atoms with E-state index in [2.05, 4.69) is 0 Å². The van der Waals surface area contributed by atoms with E-state index in [1.54, 1.807) is 34.0 Å². The van der Waals surface area contributed by atoms with Gasteiger partial charge in [-0.25, -0.2) is 9.59 Å². The van der Waals surface area contributed by atoms with Crippen molar-refractivity contribution < 1.29 is 19.4 Å². The Morgan fingerprint density at radius 1 is 1.39 bits per heavy atom. The van der Waals surface area contributed by atoms with E-state index in [1.807, 2.05) is 0 Å².